The van der Waals surface area contributed by atoms with Crippen LogP contribution < -0.4 is 10.6 Å². The number of alkyl halides is 3. The molecule has 2 N–H and O–H groups in total. The fourth-order valence-electron chi connectivity index (χ4n) is 3.65. The second-order valence-electron chi connectivity index (χ2n) is 8.92. The lowest BCUT2D eigenvalue weighted by Crippen LogP contribution is -2.22. The number of ether oxygens (including phenoxy) is 1. The highest BCUT2D eigenvalue weighted by Gasteiger charge is 2.31. The number of allylic oxidation sites excluding steroid dienone is 2. The zero-order chi connectivity index (χ0) is 29.1. The van der Waals surface area contributed by atoms with Crippen molar-refractivity contribution in [1.29, 1.82) is 5.26 Å². The van der Waals surface area contributed by atoms with Crippen molar-refractivity contribution in [2.45, 2.75) is 39.0 Å². The summed E-state index contributed by atoms with van der Waals surface area (Å²) in [5, 5.41) is 14.5. The summed E-state index contributed by atoms with van der Waals surface area (Å²) in [4.78, 5) is 17.3. The van der Waals surface area contributed by atoms with Gasteiger partial charge in [0, 0.05) is 29.3 Å². The van der Waals surface area contributed by atoms with Crippen molar-refractivity contribution in [3.05, 3.63) is 114 Å². The van der Waals surface area contributed by atoms with E-state index in [4.69, 9.17) is 10.00 Å². The van der Waals surface area contributed by atoms with Crippen molar-refractivity contribution < 1.29 is 22.7 Å². The summed E-state index contributed by atoms with van der Waals surface area (Å²) in [6.07, 6.45) is 1.11. The van der Waals surface area contributed by atoms with E-state index in [2.05, 4.69) is 22.2 Å². The van der Waals surface area contributed by atoms with Gasteiger partial charge in [0.15, 0.2) is 0 Å². The molecule has 1 aliphatic rings. The minimum Gasteiger partial charge on any atom is -0.368 e. The lowest BCUT2D eigenvalue weighted by Gasteiger charge is -2.20. The molecule has 1 fully saturated rings. The normalized spacial score (nSPS) is 13.8. The molecule has 1 unspecified atom stereocenters. The van der Waals surface area contributed by atoms with Crippen LogP contribution in [0.25, 0.3) is 0 Å². The van der Waals surface area contributed by atoms with Crippen LogP contribution in [0.5, 0.6) is 0 Å². The van der Waals surface area contributed by atoms with Crippen LogP contribution in [-0.2, 0) is 9.53 Å². The number of amides is 1. The maximum absolute atomic E-state index is 13.2. The van der Waals surface area contributed by atoms with E-state index in [1.165, 1.54) is 12.1 Å². The fraction of sp³-hybridized carbons (Fsp3) is 0.258. The smallest absolute Gasteiger partial charge is 0.368 e. The van der Waals surface area contributed by atoms with Crippen molar-refractivity contribution in [3.8, 4) is 6.07 Å². The van der Waals surface area contributed by atoms with Gasteiger partial charge in [0.05, 0.1) is 23.8 Å². The summed E-state index contributed by atoms with van der Waals surface area (Å²) < 4.78 is 45.9. The Labute approximate surface area is 232 Å². The molecule has 9 heteroatoms. The minimum absolute atomic E-state index is 0.277. The number of pyridine rings is 1. The fourth-order valence-corrected chi connectivity index (χ4v) is 3.65. The largest absolute Gasteiger partial charge is 0.415 e. The zero-order valence-corrected chi connectivity index (χ0v) is 22.3. The van der Waals surface area contributed by atoms with Gasteiger partial charge >= 0.3 is 6.18 Å². The predicted octanol–water partition coefficient (Wildman–Crippen LogP) is 7.55. The van der Waals surface area contributed by atoms with Crippen LogP contribution in [0.3, 0.4) is 0 Å². The number of nitriles is 1. The molecule has 1 aliphatic carbocycles. The molecule has 0 saturated heterocycles. The van der Waals surface area contributed by atoms with E-state index in [-0.39, 0.29) is 16.9 Å². The molecule has 40 heavy (non-hydrogen) atoms. The highest BCUT2D eigenvalue weighted by Crippen LogP contribution is 2.34. The Morgan fingerprint density at radius 3 is 2.40 bits per heavy atom. The summed E-state index contributed by atoms with van der Waals surface area (Å²) in [5.74, 6) is -0.288. The number of aromatic nitrogens is 1. The molecule has 0 bridgehead atoms. The third-order valence-corrected chi connectivity index (χ3v) is 5.83. The second kappa shape index (κ2) is 14.1. The number of carbonyl (C=O) groups is 1. The highest BCUT2D eigenvalue weighted by atomic mass is 19.4. The number of benzene rings is 2. The number of carbonyl (C=O) groups excluding carboxylic acids is 1. The molecule has 1 saturated carbocycles. The van der Waals surface area contributed by atoms with Gasteiger partial charge in [-0.3, -0.25) is 9.78 Å². The molecule has 1 heterocycles. The molecule has 1 amide bonds. The first kappa shape index (κ1) is 30.1. The summed E-state index contributed by atoms with van der Waals surface area (Å²) in [6, 6.07) is 18.7. The van der Waals surface area contributed by atoms with Gasteiger partial charge in [-0.1, -0.05) is 44.7 Å². The lowest BCUT2D eigenvalue weighted by molar-refractivity contribution is -0.112. The molecule has 1 atom stereocenters. The predicted molar refractivity (Wildman–Crippen MR) is 149 cm³/mol. The van der Waals surface area contributed by atoms with Crippen LogP contribution in [0.15, 0.2) is 97.0 Å². The molecule has 1 aromatic heterocycles. The molecule has 2 aromatic carbocycles. The Balaban J connectivity index is 0.00000216. The topological polar surface area (TPSA) is 87.0 Å². The molecular weight excluding hydrogens is 517 g/mol. The summed E-state index contributed by atoms with van der Waals surface area (Å²) in [7, 11) is 0. The summed E-state index contributed by atoms with van der Waals surface area (Å²) >= 11 is 0. The van der Waals surface area contributed by atoms with Crippen LogP contribution in [0.2, 0.25) is 0 Å². The standard InChI is InChI=1S/C29H25F3N4O2.C2H6/c1-19(29(30,31)32)13-26(35-24-8-2-5-21(14-24)16-33)28(37)36-25-9-3-6-22(15-25)27(38-18-20-10-11-20)23-7-4-12-34-17-23;1-2/h2-9,12-15,17,20,27,35H,1,10-11,18H2,(H,36,37);1-2H3/b26-13-;. The third-order valence-electron chi connectivity index (χ3n) is 5.83. The second-order valence-corrected chi connectivity index (χ2v) is 8.92. The van der Waals surface area contributed by atoms with Crippen molar-refractivity contribution >= 4 is 17.3 Å². The number of hydrogen-bond acceptors (Lipinski definition) is 5. The molecular formula is C31H31F3N4O2. The maximum Gasteiger partial charge on any atom is 0.415 e. The molecule has 208 valence electrons. The van der Waals surface area contributed by atoms with Gasteiger partial charge in [-0.2, -0.15) is 18.4 Å². The number of anilines is 2. The van der Waals surface area contributed by atoms with Crippen molar-refractivity contribution in [2.24, 2.45) is 5.92 Å². The summed E-state index contributed by atoms with van der Waals surface area (Å²) in [5.41, 5.74) is 0.942. The molecule has 0 aliphatic heterocycles. The molecule has 4 rings (SSSR count). The van der Waals surface area contributed by atoms with Crippen LogP contribution in [0.1, 0.15) is 49.5 Å². The SMILES string of the molecule is C=C(/C=C(\Nc1cccc(C#N)c1)C(=O)Nc1cccc(C(OCC2CC2)c2cccnc2)c1)C(F)(F)F.CC. The Morgan fingerprint density at radius 1 is 1.10 bits per heavy atom. The van der Waals surface area contributed by atoms with Crippen molar-refractivity contribution in [2.75, 3.05) is 17.2 Å². The highest BCUT2D eigenvalue weighted by molar-refractivity contribution is 6.06. The Bertz CT molecular complexity index is 1380. The maximum atomic E-state index is 13.2. The Hall–Kier alpha value is -4.42. The van der Waals surface area contributed by atoms with Gasteiger partial charge in [-0.05, 0) is 66.8 Å². The third kappa shape index (κ3) is 8.82. The van der Waals surface area contributed by atoms with E-state index in [1.54, 1.807) is 42.7 Å². The lowest BCUT2D eigenvalue weighted by atomic mass is 10.0. The van der Waals surface area contributed by atoms with E-state index >= 15 is 0 Å². The molecule has 6 nitrogen and oxygen atoms in total. The number of rotatable bonds is 10. The number of nitrogens with zero attached hydrogens (tertiary/aromatic N) is 2. The van der Waals surface area contributed by atoms with Crippen LogP contribution in [0, 0.1) is 17.2 Å². The average molecular weight is 549 g/mol. The monoisotopic (exact) mass is 548 g/mol. The summed E-state index contributed by atoms with van der Waals surface area (Å²) in [6.45, 7) is 7.64. The van der Waals surface area contributed by atoms with E-state index < -0.39 is 23.8 Å². The van der Waals surface area contributed by atoms with E-state index in [1.807, 2.05) is 38.1 Å². The first-order chi connectivity index (χ1) is 19.2. The quantitative estimate of drug-likeness (QED) is 0.202. The number of hydrogen-bond donors (Lipinski definition) is 2. The zero-order valence-electron chi connectivity index (χ0n) is 22.3. The van der Waals surface area contributed by atoms with Crippen molar-refractivity contribution in [1.82, 2.24) is 4.98 Å². The van der Waals surface area contributed by atoms with Gasteiger partial charge in [0.2, 0.25) is 0 Å². The van der Waals surface area contributed by atoms with Gasteiger partial charge in [0.25, 0.3) is 5.91 Å². The molecule has 0 radical (unpaired) electrons. The van der Waals surface area contributed by atoms with E-state index in [0.717, 1.165) is 24.0 Å². The van der Waals surface area contributed by atoms with Gasteiger partial charge < -0.3 is 15.4 Å². The van der Waals surface area contributed by atoms with E-state index in [0.29, 0.717) is 24.3 Å². The van der Waals surface area contributed by atoms with E-state index in [9.17, 15) is 18.0 Å². The van der Waals surface area contributed by atoms with Crippen molar-refractivity contribution in [3.63, 3.8) is 0 Å². The van der Waals surface area contributed by atoms with Crippen LogP contribution >= 0.6 is 0 Å². The van der Waals surface area contributed by atoms with Gasteiger partial charge in [-0.15, -0.1) is 0 Å². The molecule has 3 aromatic rings. The van der Waals surface area contributed by atoms with Gasteiger partial charge in [-0.25, -0.2) is 0 Å². The first-order valence-electron chi connectivity index (χ1n) is 12.9. The van der Waals surface area contributed by atoms with Gasteiger partial charge in [0.1, 0.15) is 11.8 Å². The minimum atomic E-state index is -4.72. The average Bonchev–Trinajstić information content (AvgIpc) is 3.79. The number of nitrogens with one attached hydrogen (secondary N) is 2. The Kier molecular flexibility index (Phi) is 10.6. The van der Waals surface area contributed by atoms with Crippen LogP contribution in [0.4, 0.5) is 24.5 Å². The first-order valence-corrected chi connectivity index (χ1v) is 12.9. The molecule has 0 spiro atoms. The Morgan fingerprint density at radius 2 is 1.77 bits per heavy atom. The number of halogens is 3. The van der Waals surface area contributed by atoms with Crippen LogP contribution in [-0.4, -0.2) is 23.7 Å².